The van der Waals surface area contributed by atoms with Crippen LogP contribution in [0.15, 0.2) is 35.1 Å². The molecular formula is C16H21N3O3. The van der Waals surface area contributed by atoms with Crippen LogP contribution in [0.3, 0.4) is 0 Å². The Kier molecular flexibility index (Phi) is 5.68. The third kappa shape index (κ3) is 3.72. The second-order valence-corrected chi connectivity index (χ2v) is 4.74. The number of hydrogen-bond acceptors (Lipinski definition) is 5. The SMILES string of the molecule is CCOc1ccc(-c2cc(CN)c(=O)n(CCOC)n2)cc1. The van der Waals surface area contributed by atoms with Crippen LogP contribution in [-0.4, -0.2) is 30.1 Å². The number of methoxy groups -OCH3 is 1. The second-order valence-electron chi connectivity index (χ2n) is 4.74. The number of benzene rings is 1. The molecule has 1 aromatic carbocycles. The van der Waals surface area contributed by atoms with E-state index in [0.717, 1.165) is 11.3 Å². The van der Waals surface area contributed by atoms with Gasteiger partial charge in [-0.05, 0) is 37.3 Å². The predicted octanol–water partition coefficient (Wildman–Crippen LogP) is 1.41. The summed E-state index contributed by atoms with van der Waals surface area (Å²) >= 11 is 0. The summed E-state index contributed by atoms with van der Waals surface area (Å²) in [6.45, 7) is 3.56. The molecule has 0 aliphatic carbocycles. The highest BCUT2D eigenvalue weighted by Gasteiger charge is 2.09. The Morgan fingerprint density at radius 3 is 2.59 bits per heavy atom. The number of nitrogens with two attached hydrogens (primary N) is 1. The molecule has 1 aromatic heterocycles. The van der Waals surface area contributed by atoms with Crippen molar-refractivity contribution in [2.45, 2.75) is 20.0 Å². The van der Waals surface area contributed by atoms with Crippen molar-refractivity contribution in [1.29, 1.82) is 0 Å². The quantitative estimate of drug-likeness (QED) is 0.836. The molecule has 0 saturated carbocycles. The fourth-order valence-electron chi connectivity index (χ4n) is 2.10. The van der Waals surface area contributed by atoms with Gasteiger partial charge in [-0.3, -0.25) is 4.79 Å². The summed E-state index contributed by atoms with van der Waals surface area (Å²) in [5.74, 6) is 0.804. The zero-order valence-electron chi connectivity index (χ0n) is 12.9. The minimum absolute atomic E-state index is 0.172. The number of aromatic nitrogens is 2. The van der Waals surface area contributed by atoms with E-state index < -0.39 is 0 Å². The van der Waals surface area contributed by atoms with E-state index in [1.54, 1.807) is 13.2 Å². The first-order valence-electron chi connectivity index (χ1n) is 7.22. The van der Waals surface area contributed by atoms with Gasteiger partial charge >= 0.3 is 0 Å². The first kappa shape index (κ1) is 16.2. The Bertz CT molecular complexity index is 665. The third-order valence-electron chi connectivity index (χ3n) is 3.24. The summed E-state index contributed by atoms with van der Waals surface area (Å²) in [5.41, 5.74) is 7.65. The van der Waals surface area contributed by atoms with Crippen LogP contribution in [0.5, 0.6) is 5.75 Å². The van der Waals surface area contributed by atoms with Gasteiger partial charge in [-0.15, -0.1) is 0 Å². The van der Waals surface area contributed by atoms with Crippen molar-refractivity contribution in [3.05, 3.63) is 46.2 Å². The molecule has 1 heterocycles. The van der Waals surface area contributed by atoms with Crippen molar-refractivity contribution < 1.29 is 9.47 Å². The maximum atomic E-state index is 12.2. The zero-order valence-corrected chi connectivity index (χ0v) is 12.9. The molecule has 2 aromatic rings. The normalized spacial score (nSPS) is 10.7. The lowest BCUT2D eigenvalue weighted by Gasteiger charge is -2.10. The minimum atomic E-state index is -0.172. The molecule has 2 rings (SSSR count). The van der Waals surface area contributed by atoms with Gasteiger partial charge in [0.05, 0.1) is 25.5 Å². The lowest BCUT2D eigenvalue weighted by molar-refractivity contribution is 0.182. The Morgan fingerprint density at radius 2 is 2.00 bits per heavy atom. The van der Waals surface area contributed by atoms with E-state index in [2.05, 4.69) is 5.10 Å². The molecular weight excluding hydrogens is 282 g/mol. The summed E-state index contributed by atoms with van der Waals surface area (Å²) in [5, 5.41) is 4.39. The van der Waals surface area contributed by atoms with Gasteiger partial charge in [0, 0.05) is 24.8 Å². The molecule has 22 heavy (non-hydrogen) atoms. The summed E-state index contributed by atoms with van der Waals surface area (Å²) < 4.78 is 11.8. The number of hydrogen-bond donors (Lipinski definition) is 1. The highest BCUT2D eigenvalue weighted by Crippen LogP contribution is 2.20. The molecule has 0 fully saturated rings. The van der Waals surface area contributed by atoms with Gasteiger partial charge in [0.15, 0.2) is 0 Å². The topological polar surface area (TPSA) is 79.4 Å². The van der Waals surface area contributed by atoms with Crippen molar-refractivity contribution in [2.75, 3.05) is 20.3 Å². The van der Waals surface area contributed by atoms with E-state index in [9.17, 15) is 4.79 Å². The van der Waals surface area contributed by atoms with Gasteiger partial charge in [-0.1, -0.05) is 0 Å². The van der Waals surface area contributed by atoms with Crippen LogP contribution in [0, 0.1) is 0 Å². The maximum Gasteiger partial charge on any atom is 0.271 e. The average molecular weight is 303 g/mol. The number of nitrogens with zero attached hydrogens (tertiary/aromatic N) is 2. The summed E-state index contributed by atoms with van der Waals surface area (Å²) in [6, 6.07) is 9.33. The Balaban J connectivity index is 2.39. The van der Waals surface area contributed by atoms with E-state index >= 15 is 0 Å². The fourth-order valence-corrected chi connectivity index (χ4v) is 2.10. The lowest BCUT2D eigenvalue weighted by atomic mass is 10.1. The van der Waals surface area contributed by atoms with Gasteiger partial charge in [-0.2, -0.15) is 5.10 Å². The summed E-state index contributed by atoms with van der Waals surface area (Å²) in [4.78, 5) is 12.2. The molecule has 2 N–H and O–H groups in total. The monoisotopic (exact) mass is 303 g/mol. The molecule has 0 bridgehead atoms. The third-order valence-corrected chi connectivity index (χ3v) is 3.24. The molecule has 0 aliphatic rings. The van der Waals surface area contributed by atoms with Crippen LogP contribution < -0.4 is 16.0 Å². The molecule has 0 saturated heterocycles. The first-order chi connectivity index (χ1) is 10.7. The van der Waals surface area contributed by atoms with Gasteiger partial charge < -0.3 is 15.2 Å². The van der Waals surface area contributed by atoms with Crippen molar-refractivity contribution >= 4 is 0 Å². The number of rotatable bonds is 7. The minimum Gasteiger partial charge on any atom is -0.494 e. The fraction of sp³-hybridized carbons (Fsp3) is 0.375. The highest BCUT2D eigenvalue weighted by molar-refractivity contribution is 5.60. The molecule has 0 aliphatic heterocycles. The van der Waals surface area contributed by atoms with Gasteiger partial charge in [0.25, 0.3) is 5.56 Å². The van der Waals surface area contributed by atoms with Crippen LogP contribution >= 0.6 is 0 Å². The van der Waals surface area contributed by atoms with E-state index in [1.165, 1.54) is 4.68 Å². The van der Waals surface area contributed by atoms with E-state index in [4.69, 9.17) is 15.2 Å². The highest BCUT2D eigenvalue weighted by atomic mass is 16.5. The van der Waals surface area contributed by atoms with Crippen molar-refractivity contribution in [3.8, 4) is 17.0 Å². The van der Waals surface area contributed by atoms with Crippen molar-refractivity contribution in [1.82, 2.24) is 9.78 Å². The van der Waals surface area contributed by atoms with Gasteiger partial charge in [0.1, 0.15) is 5.75 Å². The predicted molar refractivity (Wildman–Crippen MR) is 84.9 cm³/mol. The van der Waals surface area contributed by atoms with E-state index in [0.29, 0.717) is 31.0 Å². The van der Waals surface area contributed by atoms with E-state index in [-0.39, 0.29) is 12.1 Å². The van der Waals surface area contributed by atoms with E-state index in [1.807, 2.05) is 31.2 Å². The Hall–Kier alpha value is -2.18. The van der Waals surface area contributed by atoms with Gasteiger partial charge in [0.2, 0.25) is 0 Å². The second kappa shape index (κ2) is 7.72. The molecule has 0 unspecified atom stereocenters. The van der Waals surface area contributed by atoms with Crippen LogP contribution in [-0.2, 0) is 17.8 Å². The molecule has 6 heteroatoms. The van der Waals surface area contributed by atoms with Crippen LogP contribution in [0.4, 0.5) is 0 Å². The Morgan fingerprint density at radius 1 is 1.27 bits per heavy atom. The van der Waals surface area contributed by atoms with Crippen molar-refractivity contribution in [3.63, 3.8) is 0 Å². The molecule has 0 radical (unpaired) electrons. The molecule has 0 spiro atoms. The molecule has 6 nitrogen and oxygen atoms in total. The largest absolute Gasteiger partial charge is 0.494 e. The van der Waals surface area contributed by atoms with Crippen LogP contribution in [0.2, 0.25) is 0 Å². The van der Waals surface area contributed by atoms with Gasteiger partial charge in [-0.25, -0.2) is 4.68 Å². The lowest BCUT2D eigenvalue weighted by Crippen LogP contribution is -2.29. The molecule has 0 amide bonds. The standard InChI is InChI=1S/C16H21N3O3/c1-3-22-14-6-4-12(5-7-14)15-10-13(11-17)16(20)19(18-15)8-9-21-2/h4-7,10H,3,8-9,11,17H2,1-2H3. The first-order valence-corrected chi connectivity index (χ1v) is 7.22. The smallest absolute Gasteiger partial charge is 0.271 e. The van der Waals surface area contributed by atoms with Crippen molar-refractivity contribution in [2.24, 2.45) is 5.73 Å². The van der Waals surface area contributed by atoms with Crippen LogP contribution in [0.25, 0.3) is 11.3 Å². The molecule has 0 atom stereocenters. The Labute approximate surface area is 129 Å². The van der Waals surface area contributed by atoms with Crippen LogP contribution in [0.1, 0.15) is 12.5 Å². The number of ether oxygens (including phenoxy) is 2. The zero-order chi connectivity index (χ0) is 15.9. The summed E-state index contributed by atoms with van der Waals surface area (Å²) in [6.07, 6.45) is 0. The maximum absolute atomic E-state index is 12.2. The molecule has 118 valence electrons. The summed E-state index contributed by atoms with van der Waals surface area (Å²) in [7, 11) is 1.59. The average Bonchev–Trinajstić information content (AvgIpc) is 2.55.